The molecular formula is C18H20ClNO3S. The van der Waals surface area contributed by atoms with Crippen LogP contribution in [0.5, 0.6) is 5.75 Å². The maximum Gasteiger partial charge on any atom is 0.240 e. The van der Waals surface area contributed by atoms with Gasteiger partial charge in [0, 0.05) is 17.5 Å². The minimum Gasteiger partial charge on any atom is -0.508 e. The first-order valence-electron chi connectivity index (χ1n) is 8.00. The maximum absolute atomic E-state index is 12.5. The van der Waals surface area contributed by atoms with E-state index in [9.17, 15) is 13.5 Å². The number of para-hydroxylation sites is 1. The normalized spacial score (nSPS) is 16.5. The molecule has 0 aromatic heterocycles. The molecule has 0 heterocycles. The molecule has 128 valence electrons. The monoisotopic (exact) mass is 365 g/mol. The molecule has 0 spiro atoms. The van der Waals surface area contributed by atoms with E-state index in [0.29, 0.717) is 10.9 Å². The molecule has 1 unspecified atom stereocenters. The van der Waals surface area contributed by atoms with Crippen LogP contribution in [-0.4, -0.2) is 20.1 Å². The number of phenols is 1. The fourth-order valence-electron chi connectivity index (χ4n) is 3.07. The van der Waals surface area contributed by atoms with Crippen LogP contribution in [0.1, 0.15) is 30.7 Å². The average molecular weight is 366 g/mol. The molecule has 0 amide bonds. The van der Waals surface area contributed by atoms with Crippen molar-refractivity contribution in [3.8, 4) is 5.75 Å². The molecule has 2 aromatic rings. The Morgan fingerprint density at radius 1 is 1.12 bits per heavy atom. The molecule has 2 aromatic carbocycles. The van der Waals surface area contributed by atoms with E-state index in [1.165, 1.54) is 12.1 Å². The molecular weight excluding hydrogens is 346 g/mol. The zero-order valence-corrected chi connectivity index (χ0v) is 14.7. The van der Waals surface area contributed by atoms with Crippen molar-refractivity contribution in [1.29, 1.82) is 0 Å². The molecule has 1 fully saturated rings. The van der Waals surface area contributed by atoms with Gasteiger partial charge in [0.15, 0.2) is 0 Å². The van der Waals surface area contributed by atoms with Crippen molar-refractivity contribution in [1.82, 2.24) is 4.72 Å². The third kappa shape index (κ3) is 3.74. The van der Waals surface area contributed by atoms with Gasteiger partial charge in [0.05, 0.1) is 4.90 Å². The second kappa shape index (κ2) is 7.13. The van der Waals surface area contributed by atoms with Gasteiger partial charge in [0.2, 0.25) is 10.0 Å². The van der Waals surface area contributed by atoms with Gasteiger partial charge >= 0.3 is 0 Å². The lowest BCUT2D eigenvalue weighted by Crippen LogP contribution is -2.33. The summed E-state index contributed by atoms with van der Waals surface area (Å²) in [6, 6.07) is 13.3. The van der Waals surface area contributed by atoms with Gasteiger partial charge in [-0.05, 0) is 54.7 Å². The highest BCUT2D eigenvalue weighted by atomic mass is 35.5. The number of benzene rings is 2. The van der Waals surface area contributed by atoms with Crippen molar-refractivity contribution < 1.29 is 13.5 Å². The van der Waals surface area contributed by atoms with Crippen LogP contribution in [0, 0.1) is 5.92 Å². The highest BCUT2D eigenvalue weighted by molar-refractivity contribution is 7.89. The Morgan fingerprint density at radius 3 is 2.38 bits per heavy atom. The van der Waals surface area contributed by atoms with E-state index in [4.69, 9.17) is 11.6 Å². The Labute approximate surface area is 147 Å². The lowest BCUT2D eigenvalue weighted by molar-refractivity contribution is 0.257. The summed E-state index contributed by atoms with van der Waals surface area (Å²) in [4.78, 5) is 0.191. The molecule has 0 bridgehead atoms. The van der Waals surface area contributed by atoms with Crippen molar-refractivity contribution in [2.45, 2.75) is 30.1 Å². The molecule has 3 rings (SSSR count). The number of phenolic OH excluding ortho intramolecular Hbond substituents is 1. The molecule has 0 saturated heterocycles. The minimum absolute atomic E-state index is 0.0259. The number of halogens is 1. The Bertz CT molecular complexity index is 801. The number of aromatic hydroxyl groups is 1. The fraction of sp³-hybridized carbons (Fsp3) is 0.333. The van der Waals surface area contributed by atoms with Gasteiger partial charge in [-0.25, -0.2) is 13.1 Å². The Balaban J connectivity index is 1.78. The molecule has 1 saturated carbocycles. The van der Waals surface area contributed by atoms with Crippen LogP contribution in [-0.2, 0) is 10.0 Å². The Morgan fingerprint density at radius 2 is 1.79 bits per heavy atom. The molecule has 4 nitrogen and oxygen atoms in total. The van der Waals surface area contributed by atoms with Crippen LogP contribution in [0.2, 0.25) is 5.02 Å². The van der Waals surface area contributed by atoms with Crippen LogP contribution in [0.15, 0.2) is 53.4 Å². The predicted octanol–water partition coefficient (Wildman–Crippen LogP) is 3.91. The van der Waals surface area contributed by atoms with Crippen LogP contribution in [0.25, 0.3) is 0 Å². The van der Waals surface area contributed by atoms with Crippen molar-refractivity contribution in [2.75, 3.05) is 6.54 Å². The Hall–Kier alpha value is -1.56. The average Bonchev–Trinajstić information content (AvgIpc) is 2.51. The second-order valence-corrected chi connectivity index (χ2v) is 8.37. The van der Waals surface area contributed by atoms with Gasteiger partial charge < -0.3 is 5.11 Å². The molecule has 0 radical (unpaired) electrons. The van der Waals surface area contributed by atoms with Crippen molar-refractivity contribution in [2.24, 2.45) is 5.92 Å². The fourth-order valence-corrected chi connectivity index (χ4v) is 4.26. The summed E-state index contributed by atoms with van der Waals surface area (Å²) in [5, 5.41) is 10.6. The van der Waals surface area contributed by atoms with Gasteiger partial charge in [-0.2, -0.15) is 0 Å². The molecule has 0 aliphatic heterocycles. The summed E-state index contributed by atoms with van der Waals surface area (Å²) in [5.74, 6) is 0.591. The molecule has 1 atom stereocenters. The van der Waals surface area contributed by atoms with E-state index in [2.05, 4.69) is 4.72 Å². The second-order valence-electron chi connectivity index (χ2n) is 6.16. The van der Waals surface area contributed by atoms with Crippen LogP contribution >= 0.6 is 11.6 Å². The quantitative estimate of drug-likeness (QED) is 0.815. The standard InChI is InChI=1S/C18H20ClNO3S/c19-14-8-10-15(11-9-14)24(22,23)20-12-17(13-4-3-5-13)16-6-1-2-7-18(16)21/h1-2,6-11,13,17,20-21H,3-5,12H2. The van der Waals surface area contributed by atoms with E-state index >= 15 is 0 Å². The van der Waals surface area contributed by atoms with Gasteiger partial charge in [-0.15, -0.1) is 0 Å². The van der Waals surface area contributed by atoms with Crippen LogP contribution in [0.3, 0.4) is 0 Å². The third-order valence-electron chi connectivity index (χ3n) is 4.67. The smallest absolute Gasteiger partial charge is 0.240 e. The first kappa shape index (κ1) is 17.3. The van der Waals surface area contributed by atoms with Crippen molar-refractivity contribution >= 4 is 21.6 Å². The maximum atomic E-state index is 12.5. The molecule has 24 heavy (non-hydrogen) atoms. The van der Waals surface area contributed by atoms with Crippen LogP contribution in [0.4, 0.5) is 0 Å². The third-order valence-corrected chi connectivity index (χ3v) is 6.36. The van der Waals surface area contributed by atoms with E-state index in [1.54, 1.807) is 24.3 Å². The molecule has 6 heteroatoms. The summed E-state index contributed by atoms with van der Waals surface area (Å²) >= 11 is 5.81. The van der Waals surface area contributed by atoms with Gasteiger partial charge in [0.25, 0.3) is 0 Å². The van der Waals surface area contributed by atoms with E-state index in [-0.39, 0.29) is 23.1 Å². The van der Waals surface area contributed by atoms with E-state index < -0.39 is 10.0 Å². The number of hydrogen-bond acceptors (Lipinski definition) is 3. The van der Waals surface area contributed by atoms with Crippen LogP contribution < -0.4 is 4.72 Å². The van der Waals surface area contributed by atoms with E-state index in [0.717, 1.165) is 24.8 Å². The van der Waals surface area contributed by atoms with Gasteiger partial charge in [-0.3, -0.25) is 0 Å². The predicted molar refractivity (Wildman–Crippen MR) is 94.8 cm³/mol. The van der Waals surface area contributed by atoms with Crippen molar-refractivity contribution in [3.05, 3.63) is 59.1 Å². The van der Waals surface area contributed by atoms with Gasteiger partial charge in [0.1, 0.15) is 5.75 Å². The molecule has 1 aliphatic carbocycles. The first-order chi connectivity index (χ1) is 11.5. The number of sulfonamides is 1. The SMILES string of the molecule is O=S(=O)(NCC(c1ccccc1O)C1CCC1)c1ccc(Cl)cc1. The summed E-state index contributed by atoms with van der Waals surface area (Å²) < 4.78 is 27.6. The van der Waals surface area contributed by atoms with Crippen molar-refractivity contribution in [3.63, 3.8) is 0 Å². The lowest BCUT2D eigenvalue weighted by atomic mass is 9.73. The summed E-state index contributed by atoms with van der Waals surface area (Å²) in [5.41, 5.74) is 0.806. The topological polar surface area (TPSA) is 66.4 Å². The number of rotatable bonds is 6. The largest absolute Gasteiger partial charge is 0.508 e. The Kier molecular flexibility index (Phi) is 5.13. The highest BCUT2D eigenvalue weighted by Gasteiger charge is 2.31. The number of hydrogen-bond donors (Lipinski definition) is 2. The first-order valence-corrected chi connectivity index (χ1v) is 9.86. The summed E-state index contributed by atoms with van der Waals surface area (Å²) in [6.07, 6.45) is 3.27. The summed E-state index contributed by atoms with van der Waals surface area (Å²) in [7, 11) is -3.60. The van der Waals surface area contributed by atoms with Gasteiger partial charge in [-0.1, -0.05) is 36.2 Å². The van der Waals surface area contributed by atoms with E-state index in [1.807, 2.05) is 12.1 Å². The zero-order chi connectivity index (χ0) is 17.2. The minimum atomic E-state index is -3.60. The zero-order valence-electron chi connectivity index (χ0n) is 13.2. The summed E-state index contributed by atoms with van der Waals surface area (Å²) in [6.45, 7) is 0.271. The molecule has 2 N–H and O–H groups in total. The molecule has 1 aliphatic rings. The lowest BCUT2D eigenvalue weighted by Gasteiger charge is -2.34. The highest BCUT2D eigenvalue weighted by Crippen LogP contribution is 2.41. The number of nitrogens with one attached hydrogen (secondary N) is 1.